The van der Waals surface area contributed by atoms with Gasteiger partial charge in [-0.1, -0.05) is 34.1 Å². The molecule has 28 heavy (non-hydrogen) atoms. The highest BCUT2D eigenvalue weighted by atomic mass is 79.9. The first-order chi connectivity index (χ1) is 13.4. The third kappa shape index (κ3) is 3.42. The zero-order valence-corrected chi connectivity index (χ0v) is 16.9. The number of hydrogen-bond acceptors (Lipinski definition) is 4. The minimum Gasteiger partial charge on any atom is -0.323 e. The van der Waals surface area contributed by atoms with Crippen molar-refractivity contribution in [2.24, 2.45) is 5.92 Å². The summed E-state index contributed by atoms with van der Waals surface area (Å²) in [5, 5.41) is 9.73. The quantitative estimate of drug-likeness (QED) is 0.666. The van der Waals surface area contributed by atoms with E-state index in [1.54, 1.807) is 23.9 Å². The van der Waals surface area contributed by atoms with Crippen LogP contribution in [0.25, 0.3) is 0 Å². The number of carbonyl (C=O) groups excluding carboxylic acids is 3. The van der Waals surface area contributed by atoms with Crippen molar-refractivity contribution in [2.45, 2.75) is 31.8 Å². The summed E-state index contributed by atoms with van der Waals surface area (Å²) >= 11 is 3.50. The Kier molecular flexibility index (Phi) is 4.70. The minimum atomic E-state index is -0.890. The number of nitrogens with one attached hydrogen (secondary N) is 2. The van der Waals surface area contributed by atoms with Gasteiger partial charge in [-0.25, -0.2) is 9.48 Å². The highest BCUT2D eigenvalue weighted by Gasteiger charge is 2.56. The van der Waals surface area contributed by atoms with Crippen molar-refractivity contribution in [1.82, 2.24) is 20.0 Å². The van der Waals surface area contributed by atoms with Gasteiger partial charge in [-0.2, -0.15) is 5.10 Å². The number of amides is 4. The number of nitrogens with zero attached hydrogens (tertiary/aromatic N) is 3. The Hall–Kier alpha value is -2.68. The summed E-state index contributed by atoms with van der Waals surface area (Å²) in [5.74, 6) is -0.130. The molecule has 0 bridgehead atoms. The molecule has 8 nitrogen and oxygen atoms in total. The third-order valence-corrected chi connectivity index (χ3v) is 6.03. The molecule has 1 aliphatic carbocycles. The lowest BCUT2D eigenvalue weighted by Crippen LogP contribution is -2.46. The fraction of sp³-hybridized carbons (Fsp3) is 0.368. The maximum absolute atomic E-state index is 12.6. The molecule has 4 amide bonds. The lowest BCUT2D eigenvalue weighted by atomic mass is 9.96. The number of urea groups is 1. The number of imide groups is 1. The van der Waals surface area contributed by atoms with Crippen LogP contribution >= 0.6 is 15.9 Å². The van der Waals surface area contributed by atoms with Crippen LogP contribution in [0.3, 0.4) is 0 Å². The van der Waals surface area contributed by atoms with Gasteiger partial charge in [-0.3, -0.25) is 14.5 Å². The second-order valence-electron chi connectivity index (χ2n) is 7.31. The number of carbonyl (C=O) groups is 3. The number of halogens is 1. The first-order valence-electron chi connectivity index (χ1n) is 9.07. The molecule has 2 aromatic rings. The van der Waals surface area contributed by atoms with Gasteiger partial charge in [0, 0.05) is 10.5 Å². The number of rotatable bonds is 6. The van der Waals surface area contributed by atoms with E-state index >= 15 is 0 Å². The Morgan fingerprint density at radius 2 is 2.07 bits per heavy atom. The second-order valence-corrected chi connectivity index (χ2v) is 8.17. The maximum Gasteiger partial charge on any atom is 0.325 e. The normalized spacial score (nSPS) is 21.7. The van der Waals surface area contributed by atoms with Crippen LogP contribution < -0.4 is 10.6 Å². The molecule has 2 fully saturated rings. The molecule has 146 valence electrons. The molecule has 1 aromatic heterocycles. The fourth-order valence-corrected chi connectivity index (χ4v) is 3.89. The molecule has 1 unspecified atom stereocenters. The Balaban J connectivity index is 1.42. The first kappa shape index (κ1) is 18.7. The lowest BCUT2D eigenvalue weighted by Gasteiger charge is -2.20. The Morgan fingerprint density at radius 1 is 1.32 bits per heavy atom. The largest absolute Gasteiger partial charge is 0.325 e. The molecule has 2 aliphatic rings. The van der Waals surface area contributed by atoms with Gasteiger partial charge < -0.3 is 10.6 Å². The van der Waals surface area contributed by atoms with E-state index in [2.05, 4.69) is 31.7 Å². The molecule has 1 atom stereocenters. The molecule has 9 heteroatoms. The Bertz CT molecular complexity index is 955. The number of hydrogen-bond donors (Lipinski definition) is 2. The zero-order chi connectivity index (χ0) is 19.9. The minimum absolute atomic E-state index is 0.155. The van der Waals surface area contributed by atoms with Crippen molar-refractivity contribution in [3.63, 3.8) is 0 Å². The van der Waals surface area contributed by atoms with Gasteiger partial charge in [0.15, 0.2) is 0 Å². The summed E-state index contributed by atoms with van der Waals surface area (Å²) in [7, 11) is 0. The van der Waals surface area contributed by atoms with Gasteiger partial charge in [-0.05, 0) is 37.3 Å². The molecule has 1 saturated carbocycles. The predicted molar refractivity (Wildman–Crippen MR) is 105 cm³/mol. The summed E-state index contributed by atoms with van der Waals surface area (Å²) < 4.78 is 2.60. The van der Waals surface area contributed by atoms with Crippen LogP contribution in [0.1, 0.15) is 25.3 Å². The fourth-order valence-electron chi connectivity index (χ4n) is 3.48. The van der Waals surface area contributed by atoms with Crippen LogP contribution in [0.4, 0.5) is 10.6 Å². The maximum atomic E-state index is 12.6. The monoisotopic (exact) mass is 445 g/mol. The van der Waals surface area contributed by atoms with Crippen molar-refractivity contribution in [2.75, 3.05) is 11.9 Å². The van der Waals surface area contributed by atoms with E-state index < -0.39 is 17.5 Å². The number of aromatic nitrogens is 2. The van der Waals surface area contributed by atoms with Crippen LogP contribution in [0, 0.1) is 5.92 Å². The smallest absolute Gasteiger partial charge is 0.323 e. The molecular weight excluding hydrogens is 426 g/mol. The Morgan fingerprint density at radius 3 is 2.79 bits per heavy atom. The predicted octanol–water partition coefficient (Wildman–Crippen LogP) is 2.35. The van der Waals surface area contributed by atoms with Crippen LogP contribution in [0.15, 0.2) is 41.0 Å². The van der Waals surface area contributed by atoms with E-state index in [0.29, 0.717) is 12.4 Å². The molecule has 2 N–H and O–H groups in total. The standard InChI is InChI=1S/C19H20BrN5O3/c1-19(13-6-7-13)17(27)24(18(28)23-19)11-16(26)22-15-8-9-21-25(15)10-12-4-2-3-5-14(12)20/h2-5,8-9,13H,6-7,10-11H2,1H3,(H,22,26)(H,23,28). The van der Waals surface area contributed by atoms with E-state index in [-0.39, 0.29) is 18.4 Å². The van der Waals surface area contributed by atoms with E-state index in [1.165, 1.54) is 0 Å². The van der Waals surface area contributed by atoms with Gasteiger partial charge in [0.25, 0.3) is 5.91 Å². The van der Waals surface area contributed by atoms with Crippen molar-refractivity contribution >= 4 is 39.6 Å². The van der Waals surface area contributed by atoms with Gasteiger partial charge >= 0.3 is 6.03 Å². The van der Waals surface area contributed by atoms with Crippen molar-refractivity contribution in [3.05, 3.63) is 46.6 Å². The first-order valence-corrected chi connectivity index (χ1v) is 9.87. The van der Waals surface area contributed by atoms with Crippen molar-refractivity contribution in [1.29, 1.82) is 0 Å². The molecule has 1 aromatic carbocycles. The summed E-state index contributed by atoms with van der Waals surface area (Å²) in [6.07, 6.45) is 3.41. The van der Waals surface area contributed by atoms with E-state index in [0.717, 1.165) is 27.8 Å². The third-order valence-electron chi connectivity index (χ3n) is 5.26. The molecule has 1 saturated heterocycles. The van der Waals surface area contributed by atoms with Crippen molar-refractivity contribution in [3.8, 4) is 0 Å². The highest BCUT2D eigenvalue weighted by Crippen LogP contribution is 2.42. The molecule has 1 aliphatic heterocycles. The van der Waals surface area contributed by atoms with Gasteiger partial charge in [-0.15, -0.1) is 0 Å². The SMILES string of the molecule is CC1(C2CC2)NC(=O)N(CC(=O)Nc2ccnn2Cc2ccccc2Br)C1=O. The van der Waals surface area contributed by atoms with Gasteiger partial charge in [0.2, 0.25) is 5.91 Å². The summed E-state index contributed by atoms with van der Waals surface area (Å²) in [4.78, 5) is 38.3. The van der Waals surface area contributed by atoms with Crippen LogP contribution in [0.5, 0.6) is 0 Å². The van der Waals surface area contributed by atoms with E-state index in [9.17, 15) is 14.4 Å². The topological polar surface area (TPSA) is 96.3 Å². The average Bonchev–Trinajstić information content (AvgIpc) is 3.40. The van der Waals surface area contributed by atoms with Gasteiger partial charge in [0.05, 0.1) is 12.7 Å². The zero-order valence-electron chi connectivity index (χ0n) is 15.3. The summed E-state index contributed by atoms with van der Waals surface area (Å²) in [6.45, 7) is 1.87. The van der Waals surface area contributed by atoms with Crippen LogP contribution in [-0.4, -0.2) is 44.6 Å². The van der Waals surface area contributed by atoms with Crippen molar-refractivity contribution < 1.29 is 14.4 Å². The molecule has 0 spiro atoms. The van der Waals surface area contributed by atoms with E-state index in [4.69, 9.17) is 0 Å². The Labute approximate surface area is 170 Å². The lowest BCUT2D eigenvalue weighted by molar-refractivity contribution is -0.134. The summed E-state index contributed by atoms with van der Waals surface area (Å²) in [6, 6.07) is 8.91. The molecule has 2 heterocycles. The molecule has 4 rings (SSSR count). The number of benzene rings is 1. The molecular formula is C19H20BrN5O3. The van der Waals surface area contributed by atoms with Crippen LogP contribution in [-0.2, 0) is 16.1 Å². The number of anilines is 1. The van der Waals surface area contributed by atoms with Crippen LogP contribution in [0.2, 0.25) is 0 Å². The average molecular weight is 446 g/mol. The van der Waals surface area contributed by atoms with Gasteiger partial charge in [0.1, 0.15) is 17.9 Å². The summed E-state index contributed by atoms with van der Waals surface area (Å²) in [5.41, 5.74) is 0.120. The second kappa shape index (κ2) is 7.05. The highest BCUT2D eigenvalue weighted by molar-refractivity contribution is 9.10. The van der Waals surface area contributed by atoms with E-state index in [1.807, 2.05) is 24.3 Å². The molecule has 0 radical (unpaired) electrons.